The lowest BCUT2D eigenvalue weighted by Crippen LogP contribution is -2.11. The third kappa shape index (κ3) is 1.86. The number of phenolic OH excluding ortho intramolecular Hbond substituents is 1. The number of aliphatic hydroxyl groups is 1. The van der Waals surface area contributed by atoms with E-state index in [0.717, 1.165) is 5.39 Å². The van der Waals surface area contributed by atoms with E-state index in [1.807, 2.05) is 0 Å². The van der Waals surface area contributed by atoms with Crippen LogP contribution in [0.5, 0.6) is 5.75 Å². The van der Waals surface area contributed by atoms with E-state index in [2.05, 4.69) is 15.9 Å². The van der Waals surface area contributed by atoms with Gasteiger partial charge in [0.2, 0.25) is 0 Å². The molecule has 0 aliphatic carbocycles. The van der Waals surface area contributed by atoms with Gasteiger partial charge in [-0.2, -0.15) is 0 Å². The molecule has 2 rings (SSSR count). The van der Waals surface area contributed by atoms with Crippen molar-refractivity contribution in [3.8, 4) is 5.75 Å². The minimum atomic E-state index is -0.877. The lowest BCUT2D eigenvalue weighted by molar-refractivity contribution is 0.182. The van der Waals surface area contributed by atoms with E-state index < -0.39 is 6.10 Å². The first kappa shape index (κ1) is 10.5. The van der Waals surface area contributed by atoms with Gasteiger partial charge in [0.15, 0.2) is 4.67 Å². The van der Waals surface area contributed by atoms with E-state index >= 15 is 0 Å². The normalized spacial score (nSPS) is 13.3. The quantitative estimate of drug-likeness (QED) is 0.780. The van der Waals surface area contributed by atoms with Crippen LogP contribution in [0.2, 0.25) is 0 Å². The van der Waals surface area contributed by atoms with E-state index in [-0.39, 0.29) is 12.3 Å². The molecule has 5 heteroatoms. The van der Waals surface area contributed by atoms with Crippen LogP contribution in [0.25, 0.3) is 11.0 Å². The number of nitrogens with two attached hydrogens (primary N) is 1. The van der Waals surface area contributed by atoms with Crippen LogP contribution in [0, 0.1) is 0 Å². The fourth-order valence-electron chi connectivity index (χ4n) is 1.45. The average Bonchev–Trinajstić information content (AvgIpc) is 2.55. The number of rotatable bonds is 2. The molecule has 1 aromatic heterocycles. The van der Waals surface area contributed by atoms with Crippen molar-refractivity contribution < 1.29 is 14.6 Å². The fourth-order valence-corrected chi connectivity index (χ4v) is 1.87. The first-order valence-electron chi connectivity index (χ1n) is 4.42. The van der Waals surface area contributed by atoms with Gasteiger partial charge in [-0.3, -0.25) is 0 Å². The Bertz CT molecular complexity index is 495. The number of aromatic hydroxyl groups is 1. The van der Waals surface area contributed by atoms with Gasteiger partial charge in [-0.25, -0.2) is 0 Å². The van der Waals surface area contributed by atoms with Crippen LogP contribution >= 0.6 is 15.9 Å². The first-order chi connectivity index (χ1) is 7.11. The monoisotopic (exact) mass is 271 g/mol. The summed E-state index contributed by atoms with van der Waals surface area (Å²) in [4.78, 5) is 0. The van der Waals surface area contributed by atoms with Crippen LogP contribution in [0.1, 0.15) is 11.7 Å². The van der Waals surface area contributed by atoms with Crippen molar-refractivity contribution in [1.29, 1.82) is 0 Å². The van der Waals surface area contributed by atoms with Crippen molar-refractivity contribution in [2.75, 3.05) is 6.54 Å². The zero-order valence-electron chi connectivity index (χ0n) is 7.77. The standard InChI is InChI=1S/C10H10BrNO3/c11-10-2-5-1-7(13)6(8(14)4-12)3-9(5)15-10/h1-3,8,13-14H,4,12H2. The number of hydrogen-bond donors (Lipinski definition) is 3. The van der Waals surface area contributed by atoms with Crippen LogP contribution in [-0.4, -0.2) is 16.8 Å². The molecule has 4 N–H and O–H groups in total. The maximum atomic E-state index is 9.65. The Kier molecular flexibility index (Phi) is 2.68. The molecular weight excluding hydrogens is 262 g/mol. The molecular formula is C10H10BrNO3. The Morgan fingerprint density at radius 3 is 2.80 bits per heavy atom. The summed E-state index contributed by atoms with van der Waals surface area (Å²) in [5, 5.41) is 20.0. The molecule has 0 saturated heterocycles. The summed E-state index contributed by atoms with van der Waals surface area (Å²) >= 11 is 3.19. The van der Waals surface area contributed by atoms with Crippen molar-refractivity contribution in [2.45, 2.75) is 6.10 Å². The van der Waals surface area contributed by atoms with Gasteiger partial charge >= 0.3 is 0 Å². The second-order valence-corrected chi connectivity index (χ2v) is 4.03. The average molecular weight is 272 g/mol. The largest absolute Gasteiger partial charge is 0.508 e. The van der Waals surface area contributed by atoms with Crippen LogP contribution in [0.3, 0.4) is 0 Å². The topological polar surface area (TPSA) is 79.6 Å². The molecule has 1 aromatic carbocycles. The van der Waals surface area contributed by atoms with Gasteiger partial charge in [0.25, 0.3) is 0 Å². The molecule has 0 bridgehead atoms. The van der Waals surface area contributed by atoms with Crippen LogP contribution < -0.4 is 5.73 Å². The molecule has 4 nitrogen and oxygen atoms in total. The van der Waals surface area contributed by atoms with Gasteiger partial charge in [-0.15, -0.1) is 0 Å². The molecule has 0 amide bonds. The summed E-state index contributed by atoms with van der Waals surface area (Å²) in [6.45, 7) is 0.0565. The molecule has 80 valence electrons. The zero-order valence-corrected chi connectivity index (χ0v) is 9.36. The maximum absolute atomic E-state index is 9.65. The molecule has 1 unspecified atom stereocenters. The van der Waals surface area contributed by atoms with E-state index in [9.17, 15) is 10.2 Å². The summed E-state index contributed by atoms with van der Waals surface area (Å²) < 4.78 is 5.89. The van der Waals surface area contributed by atoms with Gasteiger partial charge in [-0.1, -0.05) is 0 Å². The van der Waals surface area contributed by atoms with E-state index in [1.54, 1.807) is 12.1 Å². The minimum Gasteiger partial charge on any atom is -0.508 e. The highest BCUT2D eigenvalue weighted by molar-refractivity contribution is 9.10. The zero-order chi connectivity index (χ0) is 11.0. The SMILES string of the molecule is NCC(O)c1cc2oc(Br)cc2cc1O. The number of aliphatic hydroxyl groups excluding tert-OH is 1. The summed E-state index contributed by atoms with van der Waals surface area (Å²) in [5.41, 5.74) is 6.30. The molecule has 1 heterocycles. The van der Waals surface area contributed by atoms with Crippen LogP contribution in [-0.2, 0) is 0 Å². The lowest BCUT2D eigenvalue weighted by Gasteiger charge is -2.09. The third-order valence-electron chi connectivity index (χ3n) is 2.22. The molecule has 0 spiro atoms. The van der Waals surface area contributed by atoms with E-state index in [1.165, 1.54) is 6.07 Å². The van der Waals surface area contributed by atoms with Crippen molar-refractivity contribution in [3.05, 3.63) is 28.4 Å². The Labute approximate surface area is 94.4 Å². The predicted molar refractivity (Wildman–Crippen MR) is 59.6 cm³/mol. The number of benzene rings is 1. The smallest absolute Gasteiger partial charge is 0.170 e. The number of fused-ring (bicyclic) bond motifs is 1. The molecule has 0 saturated carbocycles. The van der Waals surface area contributed by atoms with Crippen LogP contribution in [0.4, 0.5) is 0 Å². The molecule has 15 heavy (non-hydrogen) atoms. The molecule has 0 aliphatic rings. The Morgan fingerprint density at radius 1 is 1.40 bits per heavy atom. The summed E-state index contributed by atoms with van der Waals surface area (Å²) in [6, 6.07) is 4.87. The lowest BCUT2D eigenvalue weighted by atomic mass is 10.1. The highest BCUT2D eigenvalue weighted by atomic mass is 79.9. The van der Waals surface area contributed by atoms with Crippen molar-refractivity contribution in [2.24, 2.45) is 5.73 Å². The Hall–Kier alpha value is -1.04. The molecule has 1 atom stereocenters. The van der Waals surface area contributed by atoms with Gasteiger partial charge < -0.3 is 20.4 Å². The molecule has 0 radical (unpaired) electrons. The van der Waals surface area contributed by atoms with Crippen molar-refractivity contribution in [3.63, 3.8) is 0 Å². The van der Waals surface area contributed by atoms with Crippen LogP contribution in [0.15, 0.2) is 27.3 Å². The van der Waals surface area contributed by atoms with Gasteiger partial charge in [-0.05, 0) is 34.1 Å². The molecule has 2 aromatic rings. The van der Waals surface area contributed by atoms with Gasteiger partial charge in [0.05, 0.1) is 6.10 Å². The van der Waals surface area contributed by atoms with E-state index in [4.69, 9.17) is 10.2 Å². The summed E-state index contributed by atoms with van der Waals surface area (Å²) in [5.74, 6) is 0.0220. The molecule has 0 aliphatic heterocycles. The fraction of sp³-hybridized carbons (Fsp3) is 0.200. The maximum Gasteiger partial charge on any atom is 0.170 e. The minimum absolute atomic E-state index is 0.0220. The predicted octanol–water partition coefficient (Wildman–Crippen LogP) is 1.89. The molecule has 0 fully saturated rings. The number of phenols is 1. The second-order valence-electron chi connectivity index (χ2n) is 3.25. The van der Waals surface area contributed by atoms with Gasteiger partial charge in [0, 0.05) is 17.5 Å². The Morgan fingerprint density at radius 2 is 2.13 bits per heavy atom. The first-order valence-corrected chi connectivity index (χ1v) is 5.21. The Balaban J connectivity index is 2.60. The second kappa shape index (κ2) is 3.84. The number of halogens is 1. The number of furan rings is 1. The summed E-state index contributed by atoms with van der Waals surface area (Å²) in [6.07, 6.45) is -0.877. The third-order valence-corrected chi connectivity index (χ3v) is 2.61. The van der Waals surface area contributed by atoms with E-state index in [0.29, 0.717) is 15.8 Å². The van der Waals surface area contributed by atoms with Crippen molar-refractivity contribution >= 4 is 26.9 Å². The number of hydrogen-bond acceptors (Lipinski definition) is 4. The van der Waals surface area contributed by atoms with Crippen molar-refractivity contribution in [1.82, 2.24) is 0 Å². The highest BCUT2D eigenvalue weighted by Crippen LogP contribution is 2.32. The van der Waals surface area contributed by atoms with Gasteiger partial charge in [0.1, 0.15) is 11.3 Å². The summed E-state index contributed by atoms with van der Waals surface area (Å²) in [7, 11) is 0. The highest BCUT2D eigenvalue weighted by Gasteiger charge is 2.13.